The van der Waals surface area contributed by atoms with E-state index in [1.165, 1.54) is 56.1 Å². The van der Waals surface area contributed by atoms with Gasteiger partial charge in [-0.3, -0.25) is 0 Å². The predicted octanol–water partition coefficient (Wildman–Crippen LogP) is 4.63. The third-order valence-corrected chi connectivity index (χ3v) is 5.10. The molecule has 2 aliphatic rings. The van der Waals surface area contributed by atoms with Gasteiger partial charge in [0.05, 0.1) is 6.10 Å². The number of fused-ring (bicyclic) bond motifs is 1. The molecule has 1 saturated carbocycles. The number of rotatable bonds is 4. The minimum absolute atomic E-state index is 0.430. The van der Waals surface area contributed by atoms with Gasteiger partial charge in [0.1, 0.15) is 5.75 Å². The Hall–Kier alpha value is -1.02. The van der Waals surface area contributed by atoms with Gasteiger partial charge in [-0.25, -0.2) is 0 Å². The van der Waals surface area contributed by atoms with Gasteiger partial charge in [-0.15, -0.1) is 0 Å². The summed E-state index contributed by atoms with van der Waals surface area (Å²) in [5.41, 5.74) is 2.94. The lowest BCUT2D eigenvalue weighted by atomic mass is 9.86. The van der Waals surface area contributed by atoms with Crippen LogP contribution in [0.4, 0.5) is 0 Å². The van der Waals surface area contributed by atoms with E-state index in [-0.39, 0.29) is 0 Å². The third-order valence-electron chi connectivity index (χ3n) is 5.10. The molecule has 1 aromatic rings. The molecule has 2 aliphatic carbocycles. The smallest absolute Gasteiger partial charge is 0.123 e. The molecule has 0 radical (unpaired) electrons. The molecule has 2 nitrogen and oxygen atoms in total. The zero-order valence-corrected chi connectivity index (χ0v) is 13.5. The van der Waals surface area contributed by atoms with Gasteiger partial charge in [0.2, 0.25) is 0 Å². The summed E-state index contributed by atoms with van der Waals surface area (Å²) in [7, 11) is 0. The summed E-state index contributed by atoms with van der Waals surface area (Å²) in [5.74, 6) is 1.98. The van der Waals surface area contributed by atoms with Crippen molar-refractivity contribution >= 4 is 0 Å². The van der Waals surface area contributed by atoms with Crippen molar-refractivity contribution in [1.82, 2.24) is 5.32 Å². The SMILES string of the molecule is CCNC1CCCc2c(OC3CCCC(C)C3)cccc21. The van der Waals surface area contributed by atoms with E-state index in [0.29, 0.717) is 12.1 Å². The zero-order chi connectivity index (χ0) is 14.7. The van der Waals surface area contributed by atoms with Crippen LogP contribution in [0.15, 0.2) is 18.2 Å². The summed E-state index contributed by atoms with van der Waals surface area (Å²) < 4.78 is 6.42. The molecule has 0 aromatic heterocycles. The zero-order valence-electron chi connectivity index (χ0n) is 13.5. The summed E-state index contributed by atoms with van der Waals surface area (Å²) in [6.07, 6.45) is 9.27. The molecule has 0 spiro atoms. The van der Waals surface area contributed by atoms with Gasteiger partial charge >= 0.3 is 0 Å². The van der Waals surface area contributed by atoms with Crippen LogP contribution in [0.5, 0.6) is 5.75 Å². The maximum atomic E-state index is 6.42. The summed E-state index contributed by atoms with van der Waals surface area (Å²) >= 11 is 0. The number of benzene rings is 1. The largest absolute Gasteiger partial charge is 0.490 e. The van der Waals surface area contributed by atoms with Gasteiger partial charge < -0.3 is 10.1 Å². The van der Waals surface area contributed by atoms with Gasteiger partial charge in [-0.2, -0.15) is 0 Å². The van der Waals surface area contributed by atoms with Crippen molar-refractivity contribution in [2.24, 2.45) is 5.92 Å². The summed E-state index contributed by atoms with van der Waals surface area (Å²) in [5, 5.41) is 3.62. The molecule has 3 rings (SSSR count). The number of hydrogen-bond acceptors (Lipinski definition) is 2. The average Bonchev–Trinajstić information content (AvgIpc) is 2.48. The molecule has 0 bridgehead atoms. The van der Waals surface area contributed by atoms with Crippen molar-refractivity contribution in [2.75, 3.05) is 6.54 Å². The molecule has 21 heavy (non-hydrogen) atoms. The lowest BCUT2D eigenvalue weighted by Crippen LogP contribution is -2.27. The molecule has 0 saturated heterocycles. The van der Waals surface area contributed by atoms with Crippen LogP contribution in [0.2, 0.25) is 0 Å². The molecule has 1 aromatic carbocycles. The third kappa shape index (κ3) is 3.42. The highest BCUT2D eigenvalue weighted by molar-refractivity contribution is 5.43. The fourth-order valence-corrected chi connectivity index (χ4v) is 4.05. The van der Waals surface area contributed by atoms with Crippen LogP contribution in [0.25, 0.3) is 0 Å². The maximum Gasteiger partial charge on any atom is 0.123 e. The first-order chi connectivity index (χ1) is 10.3. The van der Waals surface area contributed by atoms with Crippen molar-refractivity contribution in [3.63, 3.8) is 0 Å². The molecule has 0 aliphatic heterocycles. The summed E-state index contributed by atoms with van der Waals surface area (Å²) in [4.78, 5) is 0. The topological polar surface area (TPSA) is 21.3 Å². The van der Waals surface area contributed by atoms with Gasteiger partial charge in [0.25, 0.3) is 0 Å². The van der Waals surface area contributed by atoms with Crippen LogP contribution < -0.4 is 10.1 Å². The fourth-order valence-electron chi connectivity index (χ4n) is 4.05. The molecule has 0 heterocycles. The van der Waals surface area contributed by atoms with E-state index in [4.69, 9.17) is 4.74 Å². The second-order valence-electron chi connectivity index (χ2n) is 6.84. The van der Waals surface area contributed by atoms with Gasteiger partial charge in [-0.05, 0) is 68.2 Å². The highest BCUT2D eigenvalue weighted by Gasteiger charge is 2.25. The minimum atomic E-state index is 0.430. The van der Waals surface area contributed by atoms with Crippen LogP contribution in [-0.4, -0.2) is 12.6 Å². The Kier molecular flexibility index (Phi) is 4.84. The lowest BCUT2D eigenvalue weighted by molar-refractivity contribution is 0.127. The van der Waals surface area contributed by atoms with E-state index in [1.54, 1.807) is 0 Å². The quantitative estimate of drug-likeness (QED) is 0.871. The van der Waals surface area contributed by atoms with Crippen LogP contribution in [-0.2, 0) is 6.42 Å². The van der Waals surface area contributed by atoms with E-state index >= 15 is 0 Å². The second kappa shape index (κ2) is 6.83. The van der Waals surface area contributed by atoms with Crippen LogP contribution in [0.3, 0.4) is 0 Å². The second-order valence-corrected chi connectivity index (χ2v) is 6.84. The monoisotopic (exact) mass is 287 g/mol. The fraction of sp³-hybridized carbons (Fsp3) is 0.684. The van der Waals surface area contributed by atoms with Gasteiger partial charge in [0.15, 0.2) is 0 Å². The molecule has 1 fully saturated rings. The molecule has 116 valence electrons. The highest BCUT2D eigenvalue weighted by Crippen LogP contribution is 2.37. The van der Waals surface area contributed by atoms with Crippen LogP contribution >= 0.6 is 0 Å². The number of hydrogen-bond donors (Lipinski definition) is 1. The van der Waals surface area contributed by atoms with E-state index < -0.39 is 0 Å². The normalized spacial score (nSPS) is 29.0. The van der Waals surface area contributed by atoms with Crippen molar-refractivity contribution < 1.29 is 4.74 Å². The molecule has 0 amide bonds. The molecule has 3 atom stereocenters. The Morgan fingerprint density at radius 1 is 1.19 bits per heavy atom. The number of nitrogens with one attached hydrogen (secondary N) is 1. The first-order valence-corrected chi connectivity index (χ1v) is 8.79. The Bertz CT molecular complexity index is 471. The Morgan fingerprint density at radius 3 is 2.90 bits per heavy atom. The predicted molar refractivity (Wildman–Crippen MR) is 87.8 cm³/mol. The lowest BCUT2D eigenvalue weighted by Gasteiger charge is -2.31. The molecular weight excluding hydrogens is 258 g/mol. The van der Waals surface area contributed by atoms with Gasteiger partial charge in [-0.1, -0.05) is 32.4 Å². The summed E-state index contributed by atoms with van der Waals surface area (Å²) in [6.45, 7) is 5.59. The van der Waals surface area contributed by atoms with Gasteiger partial charge in [0, 0.05) is 6.04 Å². The first kappa shape index (κ1) is 14.9. The minimum Gasteiger partial charge on any atom is -0.490 e. The maximum absolute atomic E-state index is 6.42. The van der Waals surface area contributed by atoms with Crippen molar-refractivity contribution in [1.29, 1.82) is 0 Å². The van der Waals surface area contributed by atoms with Crippen molar-refractivity contribution in [3.8, 4) is 5.75 Å². The van der Waals surface area contributed by atoms with E-state index in [2.05, 4.69) is 37.4 Å². The summed E-state index contributed by atoms with van der Waals surface area (Å²) in [6, 6.07) is 7.17. The van der Waals surface area contributed by atoms with Crippen molar-refractivity contribution in [2.45, 2.75) is 70.9 Å². The first-order valence-electron chi connectivity index (χ1n) is 8.79. The average molecular weight is 287 g/mol. The molecule has 2 heteroatoms. The Labute approximate surface area is 129 Å². The van der Waals surface area contributed by atoms with E-state index in [9.17, 15) is 0 Å². The molecular formula is C19H29NO. The van der Waals surface area contributed by atoms with Crippen LogP contribution in [0.1, 0.15) is 69.5 Å². The van der Waals surface area contributed by atoms with Crippen molar-refractivity contribution in [3.05, 3.63) is 29.3 Å². The molecule has 3 unspecified atom stereocenters. The molecule has 1 N–H and O–H groups in total. The Balaban J connectivity index is 1.78. The Morgan fingerprint density at radius 2 is 2.10 bits per heavy atom. The standard InChI is InChI=1S/C19H29NO/c1-3-20-18-11-5-10-17-16(18)9-6-12-19(17)21-15-8-4-7-14(2)13-15/h6,9,12,14-15,18,20H,3-5,7-8,10-11,13H2,1-2H3. The van der Waals surface area contributed by atoms with Crippen LogP contribution in [0, 0.1) is 5.92 Å². The van der Waals surface area contributed by atoms with E-state index in [1.807, 2.05) is 0 Å². The van der Waals surface area contributed by atoms with E-state index in [0.717, 1.165) is 18.2 Å². The highest BCUT2D eigenvalue weighted by atomic mass is 16.5. The number of ether oxygens (including phenoxy) is 1.